The van der Waals surface area contributed by atoms with Gasteiger partial charge in [0.05, 0.1) is 0 Å². The number of pyridine rings is 1. The molecule has 20 heavy (non-hydrogen) atoms. The molecule has 106 valence electrons. The van der Waals surface area contributed by atoms with E-state index in [0.717, 1.165) is 24.2 Å². The van der Waals surface area contributed by atoms with Crippen molar-refractivity contribution in [2.75, 3.05) is 7.05 Å². The SMILES string of the molecule is CN1C2CCCC1CC(NCc1cccnc1C#N)C2. The number of aromatic nitrogens is 1. The van der Waals surface area contributed by atoms with E-state index in [1.807, 2.05) is 12.1 Å². The number of hydrogen-bond donors (Lipinski definition) is 1. The van der Waals surface area contributed by atoms with E-state index < -0.39 is 0 Å². The van der Waals surface area contributed by atoms with Gasteiger partial charge in [0.2, 0.25) is 0 Å². The summed E-state index contributed by atoms with van der Waals surface area (Å²) in [7, 11) is 2.28. The summed E-state index contributed by atoms with van der Waals surface area (Å²) in [5.41, 5.74) is 1.56. The van der Waals surface area contributed by atoms with E-state index in [1.54, 1.807) is 6.20 Å². The monoisotopic (exact) mass is 270 g/mol. The van der Waals surface area contributed by atoms with Crippen molar-refractivity contribution < 1.29 is 0 Å². The lowest BCUT2D eigenvalue weighted by Crippen LogP contribution is -2.54. The minimum atomic E-state index is 0.549. The van der Waals surface area contributed by atoms with Gasteiger partial charge in [0.15, 0.2) is 0 Å². The van der Waals surface area contributed by atoms with E-state index in [2.05, 4.69) is 28.3 Å². The third kappa shape index (κ3) is 2.70. The van der Waals surface area contributed by atoms with Gasteiger partial charge in [-0.3, -0.25) is 0 Å². The average molecular weight is 270 g/mol. The zero-order valence-corrected chi connectivity index (χ0v) is 12.0. The molecule has 2 fully saturated rings. The maximum Gasteiger partial charge on any atom is 0.144 e. The van der Waals surface area contributed by atoms with Gasteiger partial charge in [0.1, 0.15) is 11.8 Å². The zero-order chi connectivity index (χ0) is 13.9. The predicted octanol–water partition coefficient (Wildman–Crippen LogP) is 2.06. The Labute approximate surface area is 120 Å². The van der Waals surface area contributed by atoms with Crippen LogP contribution in [-0.4, -0.2) is 35.1 Å². The summed E-state index contributed by atoms with van der Waals surface area (Å²) in [4.78, 5) is 6.70. The first-order chi connectivity index (χ1) is 9.78. The highest BCUT2D eigenvalue weighted by molar-refractivity contribution is 5.30. The molecule has 0 aliphatic carbocycles. The number of rotatable bonds is 3. The molecule has 1 aromatic rings. The van der Waals surface area contributed by atoms with Crippen molar-refractivity contribution in [3.05, 3.63) is 29.6 Å². The lowest BCUT2D eigenvalue weighted by molar-refractivity contribution is 0.0482. The fourth-order valence-electron chi connectivity index (χ4n) is 3.72. The van der Waals surface area contributed by atoms with Crippen molar-refractivity contribution in [3.8, 4) is 6.07 Å². The predicted molar refractivity (Wildman–Crippen MR) is 78.0 cm³/mol. The first-order valence-electron chi connectivity index (χ1n) is 7.57. The number of fused-ring (bicyclic) bond motifs is 2. The van der Waals surface area contributed by atoms with Gasteiger partial charge in [0, 0.05) is 36.4 Å². The summed E-state index contributed by atoms with van der Waals surface area (Å²) in [6, 6.07) is 8.13. The van der Waals surface area contributed by atoms with Gasteiger partial charge in [-0.25, -0.2) is 4.98 Å². The van der Waals surface area contributed by atoms with Gasteiger partial charge < -0.3 is 10.2 Å². The maximum atomic E-state index is 9.07. The summed E-state index contributed by atoms with van der Waals surface area (Å²) < 4.78 is 0. The normalized spacial score (nSPS) is 29.9. The molecule has 0 saturated carbocycles. The molecular weight excluding hydrogens is 248 g/mol. The second-order valence-corrected chi connectivity index (χ2v) is 6.08. The Bertz CT molecular complexity index is 493. The maximum absolute atomic E-state index is 9.07. The van der Waals surface area contributed by atoms with E-state index in [4.69, 9.17) is 5.26 Å². The highest BCUT2D eigenvalue weighted by Gasteiger charge is 2.35. The van der Waals surface area contributed by atoms with Crippen molar-refractivity contribution in [1.82, 2.24) is 15.2 Å². The fourth-order valence-corrected chi connectivity index (χ4v) is 3.72. The molecule has 2 bridgehead atoms. The molecule has 2 saturated heterocycles. The fraction of sp³-hybridized carbons (Fsp3) is 0.625. The highest BCUT2D eigenvalue weighted by Crippen LogP contribution is 2.32. The van der Waals surface area contributed by atoms with Crippen LogP contribution in [0.3, 0.4) is 0 Å². The number of hydrogen-bond acceptors (Lipinski definition) is 4. The Morgan fingerprint density at radius 3 is 2.85 bits per heavy atom. The summed E-state index contributed by atoms with van der Waals surface area (Å²) in [5, 5.41) is 12.7. The Morgan fingerprint density at radius 2 is 2.15 bits per heavy atom. The van der Waals surface area contributed by atoms with Crippen LogP contribution >= 0.6 is 0 Å². The van der Waals surface area contributed by atoms with Crippen molar-refractivity contribution in [1.29, 1.82) is 5.26 Å². The topological polar surface area (TPSA) is 52.0 Å². The van der Waals surface area contributed by atoms with Gasteiger partial charge >= 0.3 is 0 Å². The molecule has 3 heterocycles. The Balaban J connectivity index is 1.61. The van der Waals surface area contributed by atoms with Crippen molar-refractivity contribution in [2.45, 2.75) is 56.8 Å². The van der Waals surface area contributed by atoms with E-state index in [0.29, 0.717) is 11.7 Å². The summed E-state index contributed by atoms with van der Waals surface area (Å²) in [5.74, 6) is 0. The number of piperidine rings is 2. The first-order valence-corrected chi connectivity index (χ1v) is 7.57. The Kier molecular flexibility index (Phi) is 4.00. The molecule has 4 nitrogen and oxygen atoms in total. The molecule has 2 atom stereocenters. The molecule has 0 radical (unpaired) electrons. The third-order valence-corrected chi connectivity index (χ3v) is 4.92. The van der Waals surface area contributed by atoms with Crippen LogP contribution < -0.4 is 5.32 Å². The van der Waals surface area contributed by atoms with Crippen LogP contribution in [0.4, 0.5) is 0 Å². The largest absolute Gasteiger partial charge is 0.310 e. The van der Waals surface area contributed by atoms with E-state index in [9.17, 15) is 0 Å². The Hall–Kier alpha value is -1.44. The molecule has 1 N–H and O–H groups in total. The van der Waals surface area contributed by atoms with E-state index >= 15 is 0 Å². The Morgan fingerprint density at radius 1 is 1.40 bits per heavy atom. The zero-order valence-electron chi connectivity index (χ0n) is 12.0. The average Bonchev–Trinajstić information content (AvgIpc) is 2.46. The van der Waals surface area contributed by atoms with Crippen LogP contribution in [0.5, 0.6) is 0 Å². The smallest absolute Gasteiger partial charge is 0.144 e. The van der Waals surface area contributed by atoms with Gasteiger partial charge in [-0.2, -0.15) is 5.26 Å². The van der Waals surface area contributed by atoms with Crippen molar-refractivity contribution >= 4 is 0 Å². The van der Waals surface area contributed by atoms with Crippen LogP contribution in [0.2, 0.25) is 0 Å². The number of nitrogens with one attached hydrogen (secondary N) is 1. The minimum absolute atomic E-state index is 0.549. The lowest BCUT2D eigenvalue weighted by Gasteiger charge is -2.47. The van der Waals surface area contributed by atoms with Crippen LogP contribution in [0.15, 0.2) is 18.3 Å². The van der Waals surface area contributed by atoms with Gasteiger partial charge in [-0.05, 0) is 38.8 Å². The van der Waals surface area contributed by atoms with Crippen LogP contribution in [0, 0.1) is 11.3 Å². The van der Waals surface area contributed by atoms with E-state index in [1.165, 1.54) is 32.1 Å². The molecule has 1 aromatic heterocycles. The van der Waals surface area contributed by atoms with Crippen molar-refractivity contribution in [2.24, 2.45) is 0 Å². The van der Waals surface area contributed by atoms with Crippen molar-refractivity contribution in [3.63, 3.8) is 0 Å². The second kappa shape index (κ2) is 5.90. The molecule has 3 rings (SSSR count). The molecule has 2 aliphatic rings. The molecule has 2 unspecified atom stereocenters. The van der Waals surface area contributed by atoms with E-state index in [-0.39, 0.29) is 0 Å². The lowest BCUT2D eigenvalue weighted by atomic mass is 9.82. The standard InChI is InChI=1S/C16H22N4/c1-20-14-5-2-6-15(20)9-13(8-14)19-11-12-4-3-7-18-16(12)10-17/h3-4,7,13-15,19H,2,5-6,8-9,11H2,1H3. The minimum Gasteiger partial charge on any atom is -0.310 e. The second-order valence-electron chi connectivity index (χ2n) is 6.08. The quantitative estimate of drug-likeness (QED) is 0.913. The molecular formula is C16H22N4. The first kappa shape index (κ1) is 13.5. The van der Waals surface area contributed by atoms with Crippen LogP contribution in [0.1, 0.15) is 43.4 Å². The van der Waals surface area contributed by atoms with Gasteiger partial charge in [0.25, 0.3) is 0 Å². The number of nitriles is 1. The van der Waals surface area contributed by atoms with Crippen LogP contribution in [-0.2, 0) is 6.54 Å². The van der Waals surface area contributed by atoms with Gasteiger partial charge in [-0.15, -0.1) is 0 Å². The summed E-state index contributed by atoms with van der Waals surface area (Å²) >= 11 is 0. The molecule has 0 spiro atoms. The van der Waals surface area contributed by atoms with Crippen LogP contribution in [0.25, 0.3) is 0 Å². The highest BCUT2D eigenvalue weighted by atomic mass is 15.2. The molecule has 2 aliphatic heterocycles. The molecule has 4 heteroatoms. The molecule has 0 aromatic carbocycles. The number of nitrogens with zero attached hydrogens (tertiary/aromatic N) is 3. The summed E-state index contributed by atoms with van der Waals surface area (Å²) in [6.45, 7) is 0.755. The third-order valence-electron chi connectivity index (χ3n) is 4.92. The summed E-state index contributed by atoms with van der Waals surface area (Å²) in [6.07, 6.45) is 8.20. The van der Waals surface area contributed by atoms with Gasteiger partial charge in [-0.1, -0.05) is 12.5 Å². The molecule has 0 amide bonds.